The Morgan fingerprint density at radius 2 is 2.00 bits per heavy atom. The van der Waals surface area contributed by atoms with E-state index in [2.05, 4.69) is 14.9 Å². The summed E-state index contributed by atoms with van der Waals surface area (Å²) < 4.78 is 33.0. The molecule has 2 aliphatic heterocycles. The molecule has 2 aromatic rings. The van der Waals surface area contributed by atoms with Gasteiger partial charge in [-0.15, -0.1) is 0 Å². The molecule has 2 saturated heterocycles. The molecule has 4 nitrogen and oxygen atoms in total. The summed E-state index contributed by atoms with van der Waals surface area (Å²) in [5.41, 5.74) is 1.66. The minimum absolute atomic E-state index is 0.157. The average molecular weight is 331 g/mol. The third kappa shape index (κ3) is 3.03. The zero-order chi connectivity index (χ0) is 16.6. The van der Waals surface area contributed by atoms with E-state index in [4.69, 9.17) is 4.74 Å². The first-order valence-corrected chi connectivity index (χ1v) is 8.14. The molecule has 1 aromatic carbocycles. The topological polar surface area (TPSA) is 38.2 Å². The standard InChI is InChI=1S/C18H19F2N3O/c19-16-3-1-2-14(17(16)20)8-23-9-18(10-23)5-15(24-11-18)4-13-6-21-12-22-7-13/h1-3,6-7,12,15H,4-5,8-11H2. The summed E-state index contributed by atoms with van der Waals surface area (Å²) in [5, 5.41) is 0. The van der Waals surface area contributed by atoms with Crippen LogP contribution in [0.15, 0.2) is 36.9 Å². The number of ether oxygens (including phenoxy) is 1. The van der Waals surface area contributed by atoms with E-state index in [0.717, 1.165) is 44.2 Å². The first-order chi connectivity index (χ1) is 11.6. The Hall–Kier alpha value is -1.92. The molecule has 6 heteroatoms. The number of rotatable bonds is 4. The second-order valence-corrected chi connectivity index (χ2v) is 6.95. The summed E-state index contributed by atoms with van der Waals surface area (Å²) in [4.78, 5) is 10.2. The molecule has 2 fully saturated rings. The van der Waals surface area contributed by atoms with Crippen LogP contribution >= 0.6 is 0 Å². The first kappa shape index (κ1) is 15.6. The Balaban J connectivity index is 1.32. The van der Waals surface area contributed by atoms with Crippen molar-refractivity contribution in [2.24, 2.45) is 5.41 Å². The number of aromatic nitrogens is 2. The molecular weight excluding hydrogens is 312 g/mol. The van der Waals surface area contributed by atoms with Crippen LogP contribution in [0.5, 0.6) is 0 Å². The lowest BCUT2D eigenvalue weighted by Crippen LogP contribution is -2.56. The van der Waals surface area contributed by atoms with Gasteiger partial charge in [-0.25, -0.2) is 18.7 Å². The lowest BCUT2D eigenvalue weighted by Gasteiger charge is -2.47. The first-order valence-electron chi connectivity index (χ1n) is 8.14. The van der Waals surface area contributed by atoms with Crippen LogP contribution in [-0.4, -0.2) is 40.7 Å². The number of hydrogen-bond acceptors (Lipinski definition) is 4. The fraction of sp³-hybridized carbons (Fsp3) is 0.444. The Kier molecular flexibility index (Phi) is 4.02. The van der Waals surface area contributed by atoms with Crippen molar-refractivity contribution in [2.75, 3.05) is 19.7 Å². The molecular formula is C18H19F2N3O. The number of halogens is 2. The van der Waals surface area contributed by atoms with Crippen LogP contribution < -0.4 is 0 Å². The highest BCUT2D eigenvalue weighted by Gasteiger charge is 2.48. The molecule has 1 aromatic heterocycles. The molecule has 3 heterocycles. The van der Waals surface area contributed by atoms with Crippen molar-refractivity contribution in [3.63, 3.8) is 0 Å². The van der Waals surface area contributed by atoms with Gasteiger partial charge in [0.05, 0.1) is 12.7 Å². The maximum Gasteiger partial charge on any atom is 0.163 e. The van der Waals surface area contributed by atoms with E-state index in [1.807, 2.05) is 12.4 Å². The zero-order valence-corrected chi connectivity index (χ0v) is 13.3. The average Bonchev–Trinajstić information content (AvgIpc) is 2.96. The van der Waals surface area contributed by atoms with Gasteiger partial charge < -0.3 is 4.74 Å². The third-order valence-corrected chi connectivity index (χ3v) is 4.91. The summed E-state index contributed by atoms with van der Waals surface area (Å²) in [7, 11) is 0. The van der Waals surface area contributed by atoms with Gasteiger partial charge in [0.1, 0.15) is 6.33 Å². The molecule has 0 radical (unpaired) electrons. The predicted octanol–water partition coefficient (Wildman–Crippen LogP) is 2.59. The summed E-state index contributed by atoms with van der Waals surface area (Å²) >= 11 is 0. The molecule has 2 aliphatic rings. The molecule has 1 atom stereocenters. The fourth-order valence-electron chi connectivity index (χ4n) is 3.87. The number of nitrogens with zero attached hydrogens (tertiary/aromatic N) is 3. The Labute approximate surface area is 139 Å². The molecule has 0 aliphatic carbocycles. The van der Waals surface area contributed by atoms with Crippen LogP contribution in [0.3, 0.4) is 0 Å². The van der Waals surface area contributed by atoms with Crippen molar-refractivity contribution in [1.29, 1.82) is 0 Å². The monoisotopic (exact) mass is 331 g/mol. The van der Waals surface area contributed by atoms with Gasteiger partial charge in [-0.05, 0) is 18.1 Å². The highest BCUT2D eigenvalue weighted by Crippen LogP contribution is 2.42. The molecule has 0 amide bonds. The molecule has 24 heavy (non-hydrogen) atoms. The van der Waals surface area contributed by atoms with Crippen molar-refractivity contribution in [2.45, 2.75) is 25.5 Å². The lowest BCUT2D eigenvalue weighted by molar-refractivity contribution is -0.0147. The Morgan fingerprint density at radius 3 is 2.79 bits per heavy atom. The van der Waals surface area contributed by atoms with Crippen molar-refractivity contribution >= 4 is 0 Å². The SMILES string of the molecule is Fc1cccc(CN2CC3(COC(Cc4cncnc4)C3)C2)c1F. The highest BCUT2D eigenvalue weighted by molar-refractivity contribution is 5.20. The highest BCUT2D eigenvalue weighted by atomic mass is 19.2. The smallest absolute Gasteiger partial charge is 0.163 e. The summed E-state index contributed by atoms with van der Waals surface area (Å²) in [6.07, 6.45) is 7.16. The van der Waals surface area contributed by atoms with Crippen molar-refractivity contribution in [1.82, 2.24) is 14.9 Å². The number of hydrogen-bond donors (Lipinski definition) is 0. The van der Waals surface area contributed by atoms with E-state index < -0.39 is 11.6 Å². The second-order valence-electron chi connectivity index (χ2n) is 6.95. The minimum Gasteiger partial charge on any atom is -0.377 e. The third-order valence-electron chi connectivity index (χ3n) is 4.91. The Bertz CT molecular complexity index is 719. The predicted molar refractivity (Wildman–Crippen MR) is 84.2 cm³/mol. The van der Waals surface area contributed by atoms with Crippen molar-refractivity contribution in [3.05, 3.63) is 59.7 Å². The summed E-state index contributed by atoms with van der Waals surface area (Å²) in [6.45, 7) is 2.91. The second kappa shape index (κ2) is 6.18. The zero-order valence-electron chi connectivity index (χ0n) is 13.3. The van der Waals surface area contributed by atoms with Crippen LogP contribution in [0.2, 0.25) is 0 Å². The van der Waals surface area contributed by atoms with Crippen LogP contribution in [-0.2, 0) is 17.7 Å². The van der Waals surface area contributed by atoms with E-state index >= 15 is 0 Å². The summed E-state index contributed by atoms with van der Waals surface area (Å²) in [6, 6.07) is 4.35. The van der Waals surface area contributed by atoms with E-state index in [1.165, 1.54) is 6.33 Å². The molecule has 1 spiro atoms. The fourth-order valence-corrected chi connectivity index (χ4v) is 3.87. The van der Waals surface area contributed by atoms with Crippen LogP contribution in [0.1, 0.15) is 17.5 Å². The van der Waals surface area contributed by atoms with Crippen LogP contribution in [0.25, 0.3) is 0 Å². The molecule has 0 N–H and O–H groups in total. The van der Waals surface area contributed by atoms with E-state index in [9.17, 15) is 8.78 Å². The molecule has 0 bridgehead atoms. The van der Waals surface area contributed by atoms with E-state index in [0.29, 0.717) is 12.1 Å². The molecule has 1 unspecified atom stereocenters. The van der Waals surface area contributed by atoms with Gasteiger partial charge in [-0.1, -0.05) is 12.1 Å². The van der Waals surface area contributed by atoms with Gasteiger partial charge in [0, 0.05) is 49.4 Å². The number of benzene rings is 1. The minimum atomic E-state index is -0.780. The van der Waals surface area contributed by atoms with Gasteiger partial charge in [0.25, 0.3) is 0 Å². The van der Waals surface area contributed by atoms with Crippen molar-refractivity contribution < 1.29 is 13.5 Å². The number of likely N-dealkylation sites (tertiary alicyclic amines) is 1. The van der Waals surface area contributed by atoms with Crippen molar-refractivity contribution in [3.8, 4) is 0 Å². The molecule has 126 valence electrons. The Morgan fingerprint density at radius 1 is 1.21 bits per heavy atom. The summed E-state index contributed by atoms with van der Waals surface area (Å²) in [5.74, 6) is -1.51. The molecule has 0 saturated carbocycles. The van der Waals surface area contributed by atoms with Gasteiger partial charge in [-0.2, -0.15) is 0 Å². The van der Waals surface area contributed by atoms with E-state index in [1.54, 1.807) is 12.1 Å². The van der Waals surface area contributed by atoms with E-state index in [-0.39, 0.29) is 11.5 Å². The quantitative estimate of drug-likeness (QED) is 0.863. The lowest BCUT2D eigenvalue weighted by atomic mass is 9.77. The van der Waals surface area contributed by atoms with Crippen LogP contribution in [0.4, 0.5) is 8.78 Å². The maximum absolute atomic E-state index is 13.8. The largest absolute Gasteiger partial charge is 0.377 e. The van der Waals surface area contributed by atoms with Gasteiger partial charge in [0.15, 0.2) is 11.6 Å². The molecule has 4 rings (SSSR count). The van der Waals surface area contributed by atoms with Gasteiger partial charge in [-0.3, -0.25) is 4.90 Å². The van der Waals surface area contributed by atoms with Crippen LogP contribution in [0, 0.1) is 17.0 Å². The van der Waals surface area contributed by atoms with Gasteiger partial charge >= 0.3 is 0 Å². The normalized spacial score (nSPS) is 22.7. The van der Waals surface area contributed by atoms with Gasteiger partial charge in [0.2, 0.25) is 0 Å². The maximum atomic E-state index is 13.8.